The molecule has 1 aliphatic rings. The number of anilines is 1. The van der Waals surface area contributed by atoms with Crippen molar-refractivity contribution < 1.29 is 9.53 Å². The number of ether oxygens (including phenoxy) is 1. The summed E-state index contributed by atoms with van der Waals surface area (Å²) in [5.74, 6) is -0.0640. The highest BCUT2D eigenvalue weighted by Crippen LogP contribution is 2.34. The molecule has 0 radical (unpaired) electrons. The second kappa shape index (κ2) is 7.27. The lowest BCUT2D eigenvalue weighted by molar-refractivity contribution is 0.0920. The number of thiophene rings is 1. The molecule has 0 N–H and O–H groups in total. The van der Waals surface area contributed by atoms with Crippen molar-refractivity contribution in [3.05, 3.63) is 44.6 Å². The summed E-state index contributed by atoms with van der Waals surface area (Å²) in [7, 11) is 0. The van der Waals surface area contributed by atoms with Crippen LogP contribution >= 0.6 is 34.3 Å². The number of carbonyl (C=O) groups excluding carboxylic acids is 1. The lowest BCUT2D eigenvalue weighted by atomic mass is 10.1. The topological polar surface area (TPSA) is 42.4 Å². The Morgan fingerprint density at radius 3 is 2.88 bits per heavy atom. The zero-order valence-corrected chi connectivity index (χ0v) is 17.0. The molecule has 3 aromatic rings. The molecule has 1 atom stereocenters. The summed E-state index contributed by atoms with van der Waals surface area (Å²) in [6, 6.07) is 7.79. The van der Waals surface area contributed by atoms with Crippen molar-refractivity contribution in [3.8, 4) is 0 Å². The zero-order valence-electron chi connectivity index (χ0n) is 14.6. The van der Waals surface area contributed by atoms with Crippen molar-refractivity contribution in [1.29, 1.82) is 0 Å². The molecule has 3 heterocycles. The number of fused-ring (bicyclic) bond motifs is 1. The quantitative estimate of drug-likeness (QED) is 0.578. The summed E-state index contributed by atoms with van der Waals surface area (Å²) in [4.78, 5) is 20.3. The number of aromatic nitrogens is 1. The van der Waals surface area contributed by atoms with Crippen molar-refractivity contribution in [1.82, 2.24) is 4.98 Å². The average Bonchev–Trinajstić information content (AvgIpc) is 3.32. The van der Waals surface area contributed by atoms with Crippen LogP contribution in [0.2, 0.25) is 4.34 Å². The van der Waals surface area contributed by atoms with Crippen LogP contribution in [0.3, 0.4) is 0 Å². The Balaban J connectivity index is 1.74. The van der Waals surface area contributed by atoms with Gasteiger partial charge in [-0.3, -0.25) is 9.69 Å². The fraction of sp³-hybridized carbons (Fsp3) is 0.368. The fourth-order valence-corrected chi connectivity index (χ4v) is 5.42. The van der Waals surface area contributed by atoms with Crippen molar-refractivity contribution in [3.63, 3.8) is 0 Å². The van der Waals surface area contributed by atoms with E-state index >= 15 is 0 Å². The minimum atomic E-state index is -0.0640. The minimum Gasteiger partial charge on any atom is -0.376 e. The highest BCUT2D eigenvalue weighted by molar-refractivity contribution is 7.22. The third-order valence-corrected chi connectivity index (χ3v) is 6.73. The van der Waals surface area contributed by atoms with Crippen LogP contribution in [0, 0.1) is 13.8 Å². The monoisotopic (exact) mass is 406 g/mol. The van der Waals surface area contributed by atoms with E-state index in [-0.39, 0.29) is 12.0 Å². The van der Waals surface area contributed by atoms with Gasteiger partial charge < -0.3 is 4.74 Å². The molecule has 0 spiro atoms. The maximum Gasteiger partial charge on any atom is 0.270 e. The maximum absolute atomic E-state index is 13.2. The second-order valence-corrected chi connectivity index (χ2v) is 9.30. The molecule has 2 aromatic heterocycles. The van der Waals surface area contributed by atoms with E-state index in [2.05, 4.69) is 26.0 Å². The van der Waals surface area contributed by atoms with Gasteiger partial charge >= 0.3 is 0 Å². The van der Waals surface area contributed by atoms with Gasteiger partial charge in [-0.05, 0) is 56.0 Å². The molecule has 0 bridgehead atoms. The molecule has 4 rings (SSSR count). The summed E-state index contributed by atoms with van der Waals surface area (Å²) >= 11 is 8.89. The Kier molecular flexibility index (Phi) is 5.01. The predicted molar refractivity (Wildman–Crippen MR) is 109 cm³/mol. The molecule has 7 heteroatoms. The van der Waals surface area contributed by atoms with Crippen LogP contribution < -0.4 is 4.90 Å². The number of hydrogen-bond donors (Lipinski definition) is 0. The largest absolute Gasteiger partial charge is 0.376 e. The van der Waals surface area contributed by atoms with Gasteiger partial charge in [-0.25, -0.2) is 4.98 Å². The van der Waals surface area contributed by atoms with Gasteiger partial charge in [0.25, 0.3) is 5.91 Å². The van der Waals surface area contributed by atoms with Gasteiger partial charge in [0.05, 0.1) is 32.1 Å². The Labute approximate surface area is 165 Å². The highest BCUT2D eigenvalue weighted by Gasteiger charge is 2.28. The van der Waals surface area contributed by atoms with Gasteiger partial charge in [-0.1, -0.05) is 29.0 Å². The number of nitrogens with zero attached hydrogens (tertiary/aromatic N) is 2. The van der Waals surface area contributed by atoms with Crippen LogP contribution in [0.25, 0.3) is 10.2 Å². The van der Waals surface area contributed by atoms with Crippen molar-refractivity contribution >= 4 is 55.5 Å². The smallest absolute Gasteiger partial charge is 0.270 e. The summed E-state index contributed by atoms with van der Waals surface area (Å²) in [6.45, 7) is 5.42. The van der Waals surface area contributed by atoms with E-state index in [9.17, 15) is 4.79 Å². The molecule has 26 heavy (non-hydrogen) atoms. The Morgan fingerprint density at radius 2 is 2.19 bits per heavy atom. The van der Waals surface area contributed by atoms with Crippen LogP contribution in [0.4, 0.5) is 5.13 Å². The molecule has 1 aromatic carbocycles. The number of amides is 1. The number of aryl methyl sites for hydroxylation is 2. The first-order valence-electron chi connectivity index (χ1n) is 8.58. The summed E-state index contributed by atoms with van der Waals surface area (Å²) < 4.78 is 7.49. The number of rotatable bonds is 4. The van der Waals surface area contributed by atoms with Gasteiger partial charge in [-0.2, -0.15) is 0 Å². The lowest BCUT2D eigenvalue weighted by Crippen LogP contribution is -2.37. The van der Waals surface area contributed by atoms with Crippen LogP contribution in [-0.4, -0.2) is 30.1 Å². The summed E-state index contributed by atoms with van der Waals surface area (Å²) in [5, 5.41) is 0.721. The van der Waals surface area contributed by atoms with Crippen molar-refractivity contribution in [2.75, 3.05) is 18.1 Å². The Bertz CT molecular complexity index is 960. The molecule has 1 fully saturated rings. The van der Waals surface area contributed by atoms with Crippen LogP contribution in [0.5, 0.6) is 0 Å². The number of thiazole rings is 1. The van der Waals surface area contributed by atoms with Gasteiger partial charge in [0.2, 0.25) is 0 Å². The molecule has 136 valence electrons. The fourth-order valence-electron chi connectivity index (χ4n) is 3.28. The van der Waals surface area contributed by atoms with E-state index in [1.807, 2.05) is 0 Å². The molecule has 1 aliphatic heterocycles. The van der Waals surface area contributed by atoms with E-state index in [0.29, 0.717) is 15.8 Å². The van der Waals surface area contributed by atoms with Gasteiger partial charge in [0.1, 0.15) is 0 Å². The van der Waals surface area contributed by atoms with Crippen molar-refractivity contribution in [2.45, 2.75) is 32.8 Å². The van der Waals surface area contributed by atoms with E-state index in [1.165, 1.54) is 16.9 Å². The van der Waals surface area contributed by atoms with E-state index in [1.54, 1.807) is 28.4 Å². The van der Waals surface area contributed by atoms with Gasteiger partial charge in [-0.15, -0.1) is 11.3 Å². The third kappa shape index (κ3) is 3.51. The molecular weight excluding hydrogens is 388 g/mol. The number of carbonyl (C=O) groups is 1. The van der Waals surface area contributed by atoms with Crippen LogP contribution in [-0.2, 0) is 4.74 Å². The molecule has 1 amide bonds. The normalized spacial score (nSPS) is 17.1. The van der Waals surface area contributed by atoms with Crippen LogP contribution in [0.1, 0.15) is 33.6 Å². The molecular formula is C19H19ClN2O2S2. The van der Waals surface area contributed by atoms with E-state index in [4.69, 9.17) is 21.3 Å². The summed E-state index contributed by atoms with van der Waals surface area (Å²) in [5.41, 5.74) is 3.29. The maximum atomic E-state index is 13.2. The number of hydrogen-bond acceptors (Lipinski definition) is 5. The average molecular weight is 407 g/mol. The predicted octanol–water partition coefficient (Wildman–Crippen LogP) is 5.45. The first-order chi connectivity index (χ1) is 12.5. The first-order valence-corrected chi connectivity index (χ1v) is 10.6. The third-order valence-electron chi connectivity index (χ3n) is 4.49. The zero-order chi connectivity index (χ0) is 18.3. The standard InChI is InChI=1S/C19H19ClN2O2S2/c1-11-8-12(2)17-15(9-11)26-19(21-17)22(10-13-4-3-7-24-13)18(23)14-5-6-16(20)25-14/h5-6,8-9,13H,3-4,7,10H2,1-2H3. The SMILES string of the molecule is Cc1cc(C)c2nc(N(CC3CCCO3)C(=O)c3ccc(Cl)s3)sc2c1. The van der Waals surface area contributed by atoms with Gasteiger partial charge in [0.15, 0.2) is 5.13 Å². The second-order valence-electron chi connectivity index (χ2n) is 6.58. The molecule has 0 saturated carbocycles. The van der Waals surface area contributed by atoms with Gasteiger partial charge in [0, 0.05) is 6.61 Å². The van der Waals surface area contributed by atoms with E-state index in [0.717, 1.165) is 40.4 Å². The highest BCUT2D eigenvalue weighted by atomic mass is 35.5. The minimum absolute atomic E-state index is 0.0595. The van der Waals surface area contributed by atoms with Crippen LogP contribution in [0.15, 0.2) is 24.3 Å². The molecule has 4 nitrogen and oxygen atoms in total. The number of halogens is 1. The number of benzene rings is 1. The first kappa shape index (κ1) is 17.9. The van der Waals surface area contributed by atoms with E-state index < -0.39 is 0 Å². The summed E-state index contributed by atoms with van der Waals surface area (Å²) in [6.07, 6.45) is 2.07. The molecule has 1 saturated heterocycles. The van der Waals surface area contributed by atoms with Crippen molar-refractivity contribution in [2.24, 2.45) is 0 Å². The Hall–Kier alpha value is -1.47. The molecule has 1 unspecified atom stereocenters. The lowest BCUT2D eigenvalue weighted by Gasteiger charge is -2.22. The molecule has 0 aliphatic carbocycles. The Morgan fingerprint density at radius 1 is 1.35 bits per heavy atom.